The maximum absolute atomic E-state index is 12.6. The van der Waals surface area contributed by atoms with Gasteiger partial charge in [0.15, 0.2) is 0 Å². The predicted molar refractivity (Wildman–Crippen MR) is 90.4 cm³/mol. The van der Waals surface area contributed by atoms with Crippen LogP contribution in [0.5, 0.6) is 0 Å². The first-order valence-electron chi connectivity index (χ1n) is 7.72. The van der Waals surface area contributed by atoms with E-state index in [1.807, 2.05) is 29.9 Å². The number of hydrogen-bond donors (Lipinski definition) is 1. The number of imidazole rings is 1. The number of hydrogen-bond acceptors (Lipinski definition) is 3. The minimum atomic E-state index is -0.393. The fourth-order valence-electron chi connectivity index (χ4n) is 2.91. The molecular weight excluding hydrogens is 328 g/mol. The fourth-order valence-corrected chi connectivity index (χ4v) is 3.03. The number of rotatable bonds is 4. The molecule has 1 aromatic heterocycles. The predicted octanol–water partition coefficient (Wildman–Crippen LogP) is 1.76. The molecule has 0 unspecified atom stereocenters. The van der Waals surface area contributed by atoms with E-state index in [0.29, 0.717) is 11.6 Å². The number of nitrogens with one attached hydrogen (secondary N) is 1. The van der Waals surface area contributed by atoms with Gasteiger partial charge >= 0.3 is 0 Å². The Labute approximate surface area is 145 Å². The third-order valence-electron chi connectivity index (χ3n) is 4.32. The second kappa shape index (κ2) is 6.65. The van der Waals surface area contributed by atoms with Crippen LogP contribution in [0.1, 0.15) is 23.9 Å². The van der Waals surface area contributed by atoms with Gasteiger partial charge in [0.05, 0.1) is 5.92 Å². The first-order valence-corrected chi connectivity index (χ1v) is 8.10. The van der Waals surface area contributed by atoms with Crippen LogP contribution in [-0.4, -0.2) is 39.9 Å². The van der Waals surface area contributed by atoms with Gasteiger partial charge in [0, 0.05) is 44.5 Å². The summed E-state index contributed by atoms with van der Waals surface area (Å²) in [5.41, 5.74) is 0.889. The lowest BCUT2D eigenvalue weighted by molar-refractivity contribution is -0.128. The van der Waals surface area contributed by atoms with Crippen molar-refractivity contribution in [1.82, 2.24) is 19.8 Å². The summed E-state index contributed by atoms with van der Waals surface area (Å²) in [4.78, 5) is 30.3. The van der Waals surface area contributed by atoms with E-state index in [9.17, 15) is 9.59 Å². The van der Waals surface area contributed by atoms with Gasteiger partial charge in [-0.15, -0.1) is 0 Å². The molecule has 6 nitrogen and oxygen atoms in total. The molecule has 1 N–H and O–H groups in total. The van der Waals surface area contributed by atoms with E-state index in [4.69, 9.17) is 11.6 Å². The van der Waals surface area contributed by atoms with E-state index >= 15 is 0 Å². The Bertz CT molecular complexity index is 756. The van der Waals surface area contributed by atoms with Crippen molar-refractivity contribution in [3.05, 3.63) is 53.1 Å². The summed E-state index contributed by atoms with van der Waals surface area (Å²) in [6, 6.07) is 6.91. The van der Waals surface area contributed by atoms with E-state index in [2.05, 4.69) is 10.3 Å². The number of aromatic nitrogens is 2. The lowest BCUT2D eigenvalue weighted by atomic mass is 10.0. The van der Waals surface area contributed by atoms with Gasteiger partial charge in [0.1, 0.15) is 11.9 Å². The number of carbonyl (C=O) groups is 2. The van der Waals surface area contributed by atoms with Crippen LogP contribution < -0.4 is 5.32 Å². The fraction of sp³-hybridized carbons (Fsp3) is 0.353. The number of benzene rings is 1. The largest absolute Gasteiger partial charge is 0.345 e. The summed E-state index contributed by atoms with van der Waals surface area (Å²) in [7, 11) is 3.59. The zero-order chi connectivity index (χ0) is 17.3. The molecular formula is C17H19ClN4O2. The summed E-state index contributed by atoms with van der Waals surface area (Å²) in [6.45, 7) is 0.443. The standard InChI is InChI=1S/C17H19ClN4O2/c1-21-8-7-19-16(21)15(11-3-5-13(18)6-4-11)20-17(24)12-9-14(23)22(2)10-12/h3-8,12,15H,9-10H2,1-2H3,(H,20,24)/t12-,15+/m1/s1. The minimum absolute atomic E-state index is 0.00446. The van der Waals surface area contributed by atoms with Crippen LogP contribution in [-0.2, 0) is 16.6 Å². The van der Waals surface area contributed by atoms with Crippen LogP contribution in [0, 0.1) is 5.92 Å². The van der Waals surface area contributed by atoms with E-state index in [1.54, 1.807) is 30.3 Å². The van der Waals surface area contributed by atoms with Crippen molar-refractivity contribution >= 4 is 23.4 Å². The molecule has 0 saturated carbocycles. The molecule has 0 radical (unpaired) electrons. The summed E-state index contributed by atoms with van der Waals surface area (Å²) >= 11 is 5.96. The van der Waals surface area contributed by atoms with Gasteiger partial charge < -0.3 is 14.8 Å². The molecule has 2 heterocycles. The molecule has 0 aliphatic carbocycles. The number of aryl methyl sites for hydroxylation is 1. The van der Waals surface area contributed by atoms with E-state index in [-0.39, 0.29) is 24.2 Å². The maximum atomic E-state index is 12.6. The van der Waals surface area contributed by atoms with Gasteiger partial charge in [0.2, 0.25) is 11.8 Å². The zero-order valence-electron chi connectivity index (χ0n) is 13.6. The van der Waals surface area contributed by atoms with Gasteiger partial charge in [-0.25, -0.2) is 4.98 Å². The summed E-state index contributed by atoms with van der Waals surface area (Å²) < 4.78 is 1.87. The molecule has 2 atom stereocenters. The van der Waals surface area contributed by atoms with E-state index < -0.39 is 6.04 Å². The Morgan fingerprint density at radius 1 is 1.33 bits per heavy atom. The molecule has 0 spiro atoms. The first kappa shape index (κ1) is 16.5. The second-order valence-electron chi connectivity index (χ2n) is 6.06. The third-order valence-corrected chi connectivity index (χ3v) is 4.57. The van der Waals surface area contributed by atoms with Crippen molar-refractivity contribution in [2.75, 3.05) is 13.6 Å². The summed E-state index contributed by atoms with van der Waals surface area (Å²) in [6.07, 6.45) is 3.77. The average Bonchev–Trinajstić information content (AvgIpc) is 3.12. The van der Waals surface area contributed by atoms with Crippen LogP contribution in [0.4, 0.5) is 0 Å². The Balaban J connectivity index is 1.85. The maximum Gasteiger partial charge on any atom is 0.226 e. The molecule has 126 valence electrons. The molecule has 0 bridgehead atoms. The van der Waals surface area contributed by atoms with E-state index in [1.165, 1.54) is 0 Å². The van der Waals surface area contributed by atoms with Gasteiger partial charge in [-0.2, -0.15) is 0 Å². The number of carbonyl (C=O) groups excluding carboxylic acids is 2. The van der Waals surface area contributed by atoms with Crippen molar-refractivity contribution in [2.24, 2.45) is 13.0 Å². The molecule has 2 aromatic rings. The van der Waals surface area contributed by atoms with Crippen LogP contribution in [0.15, 0.2) is 36.7 Å². The number of likely N-dealkylation sites (tertiary alicyclic amines) is 1. The molecule has 1 fully saturated rings. The Morgan fingerprint density at radius 2 is 2.04 bits per heavy atom. The van der Waals surface area contributed by atoms with Crippen LogP contribution >= 0.6 is 11.6 Å². The molecule has 24 heavy (non-hydrogen) atoms. The van der Waals surface area contributed by atoms with Crippen LogP contribution in [0.3, 0.4) is 0 Å². The van der Waals surface area contributed by atoms with Gasteiger partial charge in [-0.1, -0.05) is 23.7 Å². The van der Waals surface area contributed by atoms with Crippen LogP contribution in [0.25, 0.3) is 0 Å². The number of halogens is 1. The van der Waals surface area contributed by atoms with Crippen molar-refractivity contribution in [2.45, 2.75) is 12.5 Å². The Morgan fingerprint density at radius 3 is 2.58 bits per heavy atom. The smallest absolute Gasteiger partial charge is 0.226 e. The number of nitrogens with zero attached hydrogens (tertiary/aromatic N) is 3. The van der Waals surface area contributed by atoms with Crippen LogP contribution in [0.2, 0.25) is 5.02 Å². The van der Waals surface area contributed by atoms with Gasteiger partial charge in [-0.05, 0) is 17.7 Å². The molecule has 2 amide bonds. The SMILES string of the molecule is CN1C[C@H](C(=O)N[C@@H](c2ccc(Cl)cc2)c2nccn2C)CC1=O. The molecule has 3 rings (SSSR count). The average molecular weight is 347 g/mol. The summed E-state index contributed by atoms with van der Waals surface area (Å²) in [5, 5.41) is 3.67. The van der Waals surface area contributed by atoms with Crippen molar-refractivity contribution in [3.63, 3.8) is 0 Å². The third kappa shape index (κ3) is 3.28. The highest BCUT2D eigenvalue weighted by molar-refractivity contribution is 6.30. The van der Waals surface area contributed by atoms with Crippen molar-refractivity contribution < 1.29 is 9.59 Å². The van der Waals surface area contributed by atoms with Gasteiger partial charge in [-0.3, -0.25) is 9.59 Å². The highest BCUT2D eigenvalue weighted by Gasteiger charge is 2.34. The van der Waals surface area contributed by atoms with Gasteiger partial charge in [0.25, 0.3) is 0 Å². The topological polar surface area (TPSA) is 67.2 Å². The molecule has 1 aliphatic rings. The summed E-state index contributed by atoms with van der Waals surface area (Å²) in [5.74, 6) is 0.242. The molecule has 1 saturated heterocycles. The lowest BCUT2D eigenvalue weighted by Crippen LogP contribution is -2.36. The monoisotopic (exact) mass is 346 g/mol. The Kier molecular flexibility index (Phi) is 4.57. The normalized spacial score (nSPS) is 18.7. The Hall–Kier alpha value is -2.34. The van der Waals surface area contributed by atoms with E-state index in [0.717, 1.165) is 11.4 Å². The zero-order valence-corrected chi connectivity index (χ0v) is 14.3. The second-order valence-corrected chi connectivity index (χ2v) is 6.50. The highest BCUT2D eigenvalue weighted by atomic mass is 35.5. The lowest BCUT2D eigenvalue weighted by Gasteiger charge is -2.21. The number of amides is 2. The minimum Gasteiger partial charge on any atom is -0.345 e. The van der Waals surface area contributed by atoms with Crippen molar-refractivity contribution in [3.8, 4) is 0 Å². The molecule has 1 aliphatic heterocycles. The molecule has 7 heteroatoms. The quantitative estimate of drug-likeness (QED) is 0.917. The van der Waals surface area contributed by atoms with Crippen molar-refractivity contribution in [1.29, 1.82) is 0 Å². The first-order chi connectivity index (χ1) is 11.5. The molecule has 1 aromatic carbocycles. The highest BCUT2D eigenvalue weighted by Crippen LogP contribution is 2.24.